The highest BCUT2D eigenvalue weighted by Crippen LogP contribution is 1.89. The van der Waals surface area contributed by atoms with Crippen molar-refractivity contribution in [2.45, 2.75) is 38.8 Å². The molecule has 0 rings (SSSR count). The standard InChI is InChI=1S/C9H22N2O2/c1-3-8(10)5-12-7-13-6-9(11)4-2/h8-9H,3-7,10-11H2,1-2H3/p+1. The zero-order valence-electron chi connectivity index (χ0n) is 8.79. The average Bonchev–Trinajstić information content (AvgIpc) is 2.16. The molecule has 0 amide bonds. The van der Waals surface area contributed by atoms with Gasteiger partial charge in [-0.1, -0.05) is 13.8 Å². The van der Waals surface area contributed by atoms with E-state index in [0.717, 1.165) is 12.8 Å². The van der Waals surface area contributed by atoms with Gasteiger partial charge >= 0.3 is 0 Å². The Morgan fingerprint density at radius 1 is 1.15 bits per heavy atom. The van der Waals surface area contributed by atoms with Gasteiger partial charge in [-0.15, -0.1) is 0 Å². The number of hydrogen-bond donors (Lipinski definition) is 2. The van der Waals surface area contributed by atoms with Crippen LogP contribution in [-0.4, -0.2) is 32.1 Å². The largest absolute Gasteiger partial charge is 0.354 e. The van der Waals surface area contributed by atoms with Gasteiger partial charge < -0.3 is 20.9 Å². The molecule has 4 heteroatoms. The molecule has 80 valence electrons. The molecule has 0 heterocycles. The molecule has 0 spiro atoms. The highest BCUT2D eigenvalue weighted by molar-refractivity contribution is 4.54. The first-order valence-corrected chi connectivity index (χ1v) is 4.94. The van der Waals surface area contributed by atoms with Gasteiger partial charge in [-0.3, -0.25) is 0 Å². The summed E-state index contributed by atoms with van der Waals surface area (Å²) in [5.74, 6) is 0. The molecule has 0 aromatic heterocycles. The fourth-order valence-electron chi connectivity index (χ4n) is 0.709. The number of hydrogen-bond acceptors (Lipinski definition) is 3. The first-order valence-electron chi connectivity index (χ1n) is 4.94. The summed E-state index contributed by atoms with van der Waals surface area (Å²) in [6.07, 6.45) is 1.97. The van der Waals surface area contributed by atoms with Crippen molar-refractivity contribution in [1.82, 2.24) is 0 Å². The van der Waals surface area contributed by atoms with E-state index < -0.39 is 0 Å². The highest BCUT2D eigenvalue weighted by Gasteiger charge is 2.02. The molecular weight excluding hydrogens is 168 g/mol. The maximum atomic E-state index is 5.65. The third-order valence-electron chi connectivity index (χ3n) is 1.95. The molecule has 0 aliphatic heterocycles. The Hall–Kier alpha value is -0.160. The maximum Gasteiger partial charge on any atom is 0.147 e. The quantitative estimate of drug-likeness (QED) is 0.410. The fraction of sp³-hybridized carbons (Fsp3) is 1.00. The van der Waals surface area contributed by atoms with Crippen LogP contribution in [0.5, 0.6) is 0 Å². The van der Waals surface area contributed by atoms with E-state index in [1.807, 2.05) is 6.92 Å². The summed E-state index contributed by atoms with van der Waals surface area (Å²) < 4.78 is 10.4. The van der Waals surface area contributed by atoms with Crippen LogP contribution >= 0.6 is 0 Å². The van der Waals surface area contributed by atoms with Crippen LogP contribution in [-0.2, 0) is 9.47 Å². The number of rotatable bonds is 8. The van der Waals surface area contributed by atoms with Crippen LogP contribution in [0.4, 0.5) is 0 Å². The van der Waals surface area contributed by atoms with E-state index in [0.29, 0.717) is 26.0 Å². The molecule has 0 aliphatic rings. The normalized spacial score (nSPS) is 15.7. The van der Waals surface area contributed by atoms with Crippen molar-refractivity contribution in [3.63, 3.8) is 0 Å². The third kappa shape index (κ3) is 8.18. The minimum Gasteiger partial charge on any atom is -0.354 e. The van der Waals surface area contributed by atoms with Crippen molar-refractivity contribution in [3.8, 4) is 0 Å². The van der Waals surface area contributed by atoms with Crippen molar-refractivity contribution in [2.75, 3.05) is 20.0 Å². The topological polar surface area (TPSA) is 72.1 Å². The highest BCUT2D eigenvalue weighted by atomic mass is 16.7. The predicted molar refractivity (Wildman–Crippen MR) is 52.0 cm³/mol. The Morgan fingerprint density at radius 3 is 2.31 bits per heavy atom. The molecule has 0 radical (unpaired) electrons. The molecule has 2 atom stereocenters. The van der Waals surface area contributed by atoms with E-state index >= 15 is 0 Å². The van der Waals surface area contributed by atoms with E-state index in [2.05, 4.69) is 12.7 Å². The average molecular weight is 191 g/mol. The minimum absolute atomic E-state index is 0.130. The van der Waals surface area contributed by atoms with Gasteiger partial charge in [-0.25, -0.2) is 0 Å². The van der Waals surface area contributed by atoms with E-state index in [1.165, 1.54) is 0 Å². The lowest BCUT2D eigenvalue weighted by atomic mass is 10.3. The van der Waals surface area contributed by atoms with Crippen LogP contribution in [0.25, 0.3) is 0 Å². The number of nitrogens with two attached hydrogens (primary N) is 1. The number of ether oxygens (including phenoxy) is 2. The lowest BCUT2D eigenvalue weighted by Crippen LogP contribution is -2.62. The van der Waals surface area contributed by atoms with Gasteiger partial charge in [-0.05, 0) is 12.8 Å². The Morgan fingerprint density at radius 2 is 1.77 bits per heavy atom. The van der Waals surface area contributed by atoms with E-state index in [1.54, 1.807) is 0 Å². The molecular formula is C9H23N2O2+. The molecule has 0 fully saturated rings. The monoisotopic (exact) mass is 191 g/mol. The molecule has 5 N–H and O–H groups in total. The van der Waals surface area contributed by atoms with Gasteiger partial charge in [0.05, 0.1) is 6.61 Å². The number of quaternary nitrogens is 1. The smallest absolute Gasteiger partial charge is 0.147 e. The van der Waals surface area contributed by atoms with Crippen molar-refractivity contribution < 1.29 is 15.2 Å². The van der Waals surface area contributed by atoms with Crippen LogP contribution < -0.4 is 11.5 Å². The summed E-state index contributed by atoms with van der Waals surface area (Å²) in [4.78, 5) is 0. The maximum absolute atomic E-state index is 5.65. The fourth-order valence-corrected chi connectivity index (χ4v) is 0.709. The molecule has 2 unspecified atom stereocenters. The first-order chi connectivity index (χ1) is 6.20. The van der Waals surface area contributed by atoms with Gasteiger partial charge in [0.15, 0.2) is 0 Å². The van der Waals surface area contributed by atoms with Crippen LogP contribution in [0.15, 0.2) is 0 Å². The summed E-state index contributed by atoms with van der Waals surface area (Å²) in [7, 11) is 0. The van der Waals surface area contributed by atoms with Crippen LogP contribution in [0.1, 0.15) is 26.7 Å². The summed E-state index contributed by atoms with van der Waals surface area (Å²) in [5, 5.41) is 0. The molecule has 0 saturated heterocycles. The van der Waals surface area contributed by atoms with Crippen LogP contribution in [0, 0.1) is 0 Å². The summed E-state index contributed by atoms with van der Waals surface area (Å²) in [5.41, 5.74) is 9.55. The summed E-state index contributed by atoms with van der Waals surface area (Å²) >= 11 is 0. The zero-order chi connectivity index (χ0) is 10.1. The first kappa shape index (κ1) is 12.8. The Balaban J connectivity index is 3.08. The van der Waals surface area contributed by atoms with Crippen molar-refractivity contribution >= 4 is 0 Å². The van der Waals surface area contributed by atoms with Crippen molar-refractivity contribution in [2.24, 2.45) is 5.73 Å². The van der Waals surface area contributed by atoms with Crippen LogP contribution in [0.2, 0.25) is 0 Å². The van der Waals surface area contributed by atoms with E-state index in [-0.39, 0.29) is 6.04 Å². The lowest BCUT2D eigenvalue weighted by Gasteiger charge is -2.10. The van der Waals surface area contributed by atoms with Crippen molar-refractivity contribution in [3.05, 3.63) is 0 Å². The second-order valence-electron chi connectivity index (χ2n) is 3.30. The Bertz CT molecular complexity index is 99.8. The van der Waals surface area contributed by atoms with Crippen molar-refractivity contribution in [1.29, 1.82) is 0 Å². The van der Waals surface area contributed by atoms with E-state index in [4.69, 9.17) is 15.2 Å². The van der Waals surface area contributed by atoms with Gasteiger partial charge in [0.2, 0.25) is 0 Å². The third-order valence-corrected chi connectivity index (χ3v) is 1.95. The Kier molecular flexibility index (Phi) is 8.33. The zero-order valence-corrected chi connectivity index (χ0v) is 8.79. The molecule has 0 aromatic rings. The lowest BCUT2D eigenvalue weighted by molar-refractivity contribution is -0.429. The van der Waals surface area contributed by atoms with Gasteiger partial charge in [0, 0.05) is 6.04 Å². The summed E-state index contributed by atoms with van der Waals surface area (Å²) in [6, 6.07) is 0.494. The molecule has 0 saturated carbocycles. The molecule has 0 bridgehead atoms. The van der Waals surface area contributed by atoms with Gasteiger partial charge in [0.25, 0.3) is 0 Å². The predicted octanol–water partition coefficient (Wildman–Crippen LogP) is -0.265. The Labute approximate surface area is 80.6 Å². The molecule has 0 aliphatic carbocycles. The second kappa shape index (κ2) is 8.44. The van der Waals surface area contributed by atoms with Gasteiger partial charge in [0.1, 0.15) is 19.4 Å². The minimum atomic E-state index is 0.130. The van der Waals surface area contributed by atoms with Crippen LogP contribution in [0.3, 0.4) is 0 Å². The SMILES string of the molecule is CCC(N)COCOCC([NH3+])CC. The molecule has 13 heavy (non-hydrogen) atoms. The van der Waals surface area contributed by atoms with E-state index in [9.17, 15) is 0 Å². The van der Waals surface area contributed by atoms with Gasteiger partial charge in [-0.2, -0.15) is 0 Å². The molecule has 0 aromatic carbocycles. The summed E-state index contributed by atoms with van der Waals surface area (Å²) in [6.45, 7) is 5.70. The molecule has 4 nitrogen and oxygen atoms in total. The second-order valence-corrected chi connectivity index (χ2v) is 3.30.